The van der Waals surface area contributed by atoms with Gasteiger partial charge in [-0.15, -0.1) is 0 Å². The summed E-state index contributed by atoms with van der Waals surface area (Å²) in [5.41, 5.74) is 2.62. The number of methoxy groups -OCH3 is 2. The SMILES string of the molecule is COc1cc(C)c(/C=C2\C(=O)NC(=O)N(c3ccc(C)cc3)C2=O)cc1OC. The fourth-order valence-corrected chi connectivity index (χ4v) is 2.89. The smallest absolute Gasteiger partial charge is 0.335 e. The first kappa shape index (κ1) is 19.2. The van der Waals surface area contributed by atoms with Gasteiger partial charge in [-0.3, -0.25) is 14.9 Å². The lowest BCUT2D eigenvalue weighted by atomic mass is 10.0. The number of nitrogens with zero attached hydrogens (tertiary/aromatic N) is 1. The number of hydrogen-bond acceptors (Lipinski definition) is 5. The molecular weight excluding hydrogens is 360 g/mol. The van der Waals surface area contributed by atoms with Crippen LogP contribution in [0.5, 0.6) is 11.5 Å². The Labute approximate surface area is 162 Å². The lowest BCUT2D eigenvalue weighted by Gasteiger charge is -2.26. The zero-order valence-electron chi connectivity index (χ0n) is 16.0. The third kappa shape index (κ3) is 3.46. The van der Waals surface area contributed by atoms with Crippen molar-refractivity contribution < 1.29 is 23.9 Å². The summed E-state index contributed by atoms with van der Waals surface area (Å²) in [6, 6.07) is 9.53. The Bertz CT molecular complexity index is 993. The average Bonchev–Trinajstić information content (AvgIpc) is 2.67. The zero-order chi connectivity index (χ0) is 20.4. The van der Waals surface area contributed by atoms with Crippen LogP contribution in [0, 0.1) is 13.8 Å². The first-order valence-electron chi connectivity index (χ1n) is 8.56. The molecule has 144 valence electrons. The molecule has 3 rings (SSSR count). The van der Waals surface area contributed by atoms with Crippen molar-refractivity contribution in [3.8, 4) is 11.5 Å². The Morgan fingerprint density at radius 1 is 0.929 bits per heavy atom. The van der Waals surface area contributed by atoms with Crippen molar-refractivity contribution in [3.63, 3.8) is 0 Å². The van der Waals surface area contributed by atoms with E-state index >= 15 is 0 Å². The molecule has 0 radical (unpaired) electrons. The Morgan fingerprint density at radius 3 is 2.14 bits per heavy atom. The van der Waals surface area contributed by atoms with E-state index in [1.54, 1.807) is 36.4 Å². The molecule has 1 aliphatic rings. The van der Waals surface area contributed by atoms with E-state index in [9.17, 15) is 14.4 Å². The van der Waals surface area contributed by atoms with Crippen LogP contribution in [0.15, 0.2) is 42.0 Å². The molecule has 0 bridgehead atoms. The summed E-state index contributed by atoms with van der Waals surface area (Å²) >= 11 is 0. The Kier molecular flexibility index (Phi) is 5.17. The number of carbonyl (C=O) groups is 3. The summed E-state index contributed by atoms with van der Waals surface area (Å²) in [6.07, 6.45) is 1.45. The van der Waals surface area contributed by atoms with Gasteiger partial charge >= 0.3 is 6.03 Å². The standard InChI is InChI=1S/C21H20N2O5/c1-12-5-7-15(8-6-12)23-20(25)16(19(24)22-21(23)26)10-14-11-18(28-4)17(27-3)9-13(14)2/h5-11H,1-4H3,(H,22,24,26)/b16-10+. The maximum atomic E-state index is 12.9. The van der Waals surface area contributed by atoms with Gasteiger partial charge in [0.05, 0.1) is 19.9 Å². The van der Waals surface area contributed by atoms with E-state index in [2.05, 4.69) is 5.32 Å². The van der Waals surface area contributed by atoms with Gasteiger partial charge in [-0.2, -0.15) is 0 Å². The van der Waals surface area contributed by atoms with E-state index < -0.39 is 17.8 Å². The van der Waals surface area contributed by atoms with Crippen LogP contribution < -0.4 is 19.7 Å². The summed E-state index contributed by atoms with van der Waals surface area (Å²) in [6.45, 7) is 3.72. The maximum Gasteiger partial charge on any atom is 0.335 e. The molecule has 7 nitrogen and oxygen atoms in total. The predicted molar refractivity (Wildman–Crippen MR) is 104 cm³/mol. The molecule has 1 aliphatic heterocycles. The van der Waals surface area contributed by atoms with Crippen LogP contribution in [0.3, 0.4) is 0 Å². The van der Waals surface area contributed by atoms with Crippen molar-refractivity contribution >= 4 is 29.6 Å². The van der Waals surface area contributed by atoms with E-state index in [-0.39, 0.29) is 5.57 Å². The van der Waals surface area contributed by atoms with Gasteiger partial charge in [0.2, 0.25) is 0 Å². The molecule has 0 saturated carbocycles. The van der Waals surface area contributed by atoms with Crippen molar-refractivity contribution in [1.29, 1.82) is 0 Å². The molecule has 2 aromatic rings. The predicted octanol–water partition coefficient (Wildman–Crippen LogP) is 2.99. The average molecular weight is 380 g/mol. The Balaban J connectivity index is 2.05. The first-order chi connectivity index (χ1) is 13.3. The van der Waals surface area contributed by atoms with Gasteiger partial charge < -0.3 is 9.47 Å². The van der Waals surface area contributed by atoms with Crippen molar-refractivity contribution in [3.05, 3.63) is 58.7 Å². The van der Waals surface area contributed by atoms with Gasteiger partial charge in [0.15, 0.2) is 11.5 Å². The van der Waals surface area contributed by atoms with Gasteiger partial charge in [0.25, 0.3) is 11.8 Å². The van der Waals surface area contributed by atoms with Crippen molar-refractivity contribution in [2.75, 3.05) is 19.1 Å². The van der Waals surface area contributed by atoms with Crippen LogP contribution in [0.4, 0.5) is 10.5 Å². The minimum atomic E-state index is -0.778. The van der Waals surface area contributed by atoms with Gasteiger partial charge in [-0.25, -0.2) is 9.69 Å². The molecule has 0 aromatic heterocycles. The molecule has 0 aliphatic carbocycles. The molecule has 1 heterocycles. The van der Waals surface area contributed by atoms with Crippen molar-refractivity contribution in [2.24, 2.45) is 0 Å². The molecule has 1 saturated heterocycles. The second kappa shape index (κ2) is 7.56. The number of hydrogen-bond donors (Lipinski definition) is 1. The number of imide groups is 2. The third-order valence-corrected chi connectivity index (χ3v) is 4.47. The van der Waals surface area contributed by atoms with Gasteiger partial charge in [-0.1, -0.05) is 17.7 Å². The number of aryl methyl sites for hydroxylation is 2. The monoisotopic (exact) mass is 380 g/mol. The summed E-state index contributed by atoms with van der Waals surface area (Å²) in [4.78, 5) is 38.5. The Morgan fingerprint density at radius 2 is 1.54 bits per heavy atom. The summed E-state index contributed by atoms with van der Waals surface area (Å²) < 4.78 is 10.5. The number of anilines is 1. The highest BCUT2D eigenvalue weighted by atomic mass is 16.5. The van der Waals surface area contributed by atoms with Crippen LogP contribution in [0.2, 0.25) is 0 Å². The normalized spacial score (nSPS) is 15.6. The lowest BCUT2D eigenvalue weighted by Crippen LogP contribution is -2.54. The largest absolute Gasteiger partial charge is 0.493 e. The van der Waals surface area contributed by atoms with Crippen molar-refractivity contribution in [2.45, 2.75) is 13.8 Å². The quantitative estimate of drug-likeness (QED) is 0.651. The molecule has 1 fully saturated rings. The molecular formula is C21H20N2O5. The second-order valence-electron chi connectivity index (χ2n) is 6.36. The molecule has 2 aromatic carbocycles. The van der Waals surface area contributed by atoms with Gasteiger partial charge in [0.1, 0.15) is 5.57 Å². The summed E-state index contributed by atoms with van der Waals surface area (Å²) in [7, 11) is 3.03. The highest BCUT2D eigenvalue weighted by Gasteiger charge is 2.36. The fraction of sp³-hybridized carbons (Fsp3) is 0.190. The number of urea groups is 1. The number of amides is 4. The Hall–Kier alpha value is -3.61. The molecule has 7 heteroatoms. The minimum absolute atomic E-state index is 0.143. The summed E-state index contributed by atoms with van der Waals surface area (Å²) in [5.74, 6) is -0.424. The number of carbonyl (C=O) groups excluding carboxylic acids is 3. The maximum absolute atomic E-state index is 12.9. The number of nitrogens with one attached hydrogen (secondary N) is 1. The van der Waals surface area contributed by atoms with Crippen LogP contribution in [-0.4, -0.2) is 32.1 Å². The van der Waals surface area contributed by atoms with E-state index in [4.69, 9.17) is 9.47 Å². The van der Waals surface area contributed by atoms with Gasteiger partial charge in [0, 0.05) is 0 Å². The van der Waals surface area contributed by atoms with Crippen LogP contribution in [-0.2, 0) is 9.59 Å². The van der Waals surface area contributed by atoms with Crippen LogP contribution >= 0.6 is 0 Å². The molecule has 1 N–H and O–H groups in total. The number of ether oxygens (including phenoxy) is 2. The zero-order valence-corrected chi connectivity index (χ0v) is 16.0. The highest BCUT2D eigenvalue weighted by molar-refractivity contribution is 6.39. The molecule has 28 heavy (non-hydrogen) atoms. The topological polar surface area (TPSA) is 84.9 Å². The van der Waals surface area contributed by atoms with Crippen molar-refractivity contribution in [1.82, 2.24) is 5.32 Å². The fourth-order valence-electron chi connectivity index (χ4n) is 2.89. The van der Waals surface area contributed by atoms with E-state index in [1.165, 1.54) is 20.3 Å². The lowest BCUT2D eigenvalue weighted by molar-refractivity contribution is -0.122. The molecule has 4 amide bonds. The molecule has 0 spiro atoms. The molecule has 0 unspecified atom stereocenters. The van der Waals surface area contributed by atoms with Gasteiger partial charge in [-0.05, 0) is 55.3 Å². The minimum Gasteiger partial charge on any atom is -0.493 e. The third-order valence-electron chi connectivity index (χ3n) is 4.47. The first-order valence-corrected chi connectivity index (χ1v) is 8.56. The van der Waals surface area contributed by atoms with E-state index in [0.717, 1.165) is 16.0 Å². The number of benzene rings is 2. The van der Waals surface area contributed by atoms with Crippen LogP contribution in [0.1, 0.15) is 16.7 Å². The van der Waals surface area contributed by atoms with E-state index in [0.29, 0.717) is 22.7 Å². The highest BCUT2D eigenvalue weighted by Crippen LogP contribution is 2.32. The molecule has 0 atom stereocenters. The number of barbiturate groups is 1. The summed E-state index contributed by atoms with van der Waals surface area (Å²) in [5, 5.41) is 2.22. The second-order valence-corrected chi connectivity index (χ2v) is 6.36. The van der Waals surface area contributed by atoms with E-state index in [1.807, 2.05) is 13.8 Å². The van der Waals surface area contributed by atoms with Crippen LogP contribution in [0.25, 0.3) is 6.08 Å². The number of rotatable bonds is 4.